The van der Waals surface area contributed by atoms with Gasteiger partial charge in [-0.1, -0.05) is 0 Å². The molecule has 1 aliphatic carbocycles. The van der Waals surface area contributed by atoms with Crippen LogP contribution in [0.5, 0.6) is 0 Å². The lowest BCUT2D eigenvalue weighted by Crippen LogP contribution is -2.21. The second-order valence-electron chi connectivity index (χ2n) is 6.66. The van der Waals surface area contributed by atoms with Gasteiger partial charge in [0.1, 0.15) is 5.65 Å². The number of anilines is 2. The van der Waals surface area contributed by atoms with Gasteiger partial charge in [-0.3, -0.25) is 9.36 Å². The van der Waals surface area contributed by atoms with Crippen molar-refractivity contribution in [2.24, 2.45) is 5.92 Å². The molecule has 1 aliphatic rings. The minimum atomic E-state index is -0.247. The van der Waals surface area contributed by atoms with Crippen molar-refractivity contribution < 1.29 is 0 Å². The summed E-state index contributed by atoms with van der Waals surface area (Å²) in [6.45, 7) is 0.698. The van der Waals surface area contributed by atoms with Crippen LogP contribution < -0.4 is 16.6 Å². The number of aromatic nitrogens is 5. The molecule has 0 amide bonds. The maximum Gasteiger partial charge on any atom is 0.323 e. The molecular weight excluding hydrogens is 332 g/mol. The number of nitrogens with zero attached hydrogens (tertiary/aromatic N) is 3. The largest absolute Gasteiger partial charge is 0.324 e. The van der Waals surface area contributed by atoms with Crippen LogP contribution in [0, 0.1) is 5.92 Å². The maximum atomic E-state index is 12.3. The van der Waals surface area contributed by atoms with Crippen molar-refractivity contribution in [1.82, 2.24) is 24.5 Å². The highest BCUT2D eigenvalue weighted by Crippen LogP contribution is 2.31. The summed E-state index contributed by atoms with van der Waals surface area (Å²) in [5, 5.41) is 3.97. The molecule has 0 radical (unpaired) electrons. The molecule has 3 N–H and O–H groups in total. The zero-order valence-corrected chi connectivity index (χ0v) is 13.8. The Balaban J connectivity index is 1.55. The Labute approximate surface area is 146 Å². The average molecular weight is 348 g/mol. The van der Waals surface area contributed by atoms with Gasteiger partial charge in [-0.25, -0.2) is 9.78 Å². The van der Waals surface area contributed by atoms with Crippen LogP contribution in [0.3, 0.4) is 0 Å². The molecule has 5 rings (SSSR count). The molecule has 3 heterocycles. The second kappa shape index (κ2) is 5.55. The Bertz CT molecular complexity index is 1250. The quantitative estimate of drug-likeness (QED) is 0.523. The SMILES string of the molecule is O=c1[nH]c2ccc(Nc3ncc4ccc(=O)n(CC5CC5)c4n3)cc2[nH]1. The summed E-state index contributed by atoms with van der Waals surface area (Å²) in [6.07, 6.45) is 4.03. The lowest BCUT2D eigenvalue weighted by Gasteiger charge is -2.10. The fraction of sp³-hybridized carbons (Fsp3) is 0.222. The van der Waals surface area contributed by atoms with Crippen LogP contribution in [0.15, 0.2) is 46.1 Å². The Morgan fingerprint density at radius 1 is 1.12 bits per heavy atom. The summed E-state index contributed by atoms with van der Waals surface area (Å²) in [7, 11) is 0. The highest BCUT2D eigenvalue weighted by atomic mass is 16.1. The number of hydrogen-bond donors (Lipinski definition) is 3. The first kappa shape index (κ1) is 14.9. The molecule has 0 bridgehead atoms. The zero-order chi connectivity index (χ0) is 17.7. The van der Waals surface area contributed by atoms with E-state index < -0.39 is 0 Å². The molecule has 8 heteroatoms. The summed E-state index contributed by atoms with van der Waals surface area (Å²) in [6, 6.07) is 8.77. The van der Waals surface area contributed by atoms with Gasteiger partial charge in [0.2, 0.25) is 5.95 Å². The second-order valence-corrected chi connectivity index (χ2v) is 6.66. The van der Waals surface area contributed by atoms with E-state index in [1.165, 1.54) is 0 Å². The third kappa shape index (κ3) is 2.65. The van der Waals surface area contributed by atoms with Gasteiger partial charge in [0, 0.05) is 29.9 Å². The monoisotopic (exact) mass is 348 g/mol. The molecule has 0 aliphatic heterocycles. The first-order chi connectivity index (χ1) is 12.7. The molecule has 0 spiro atoms. The number of rotatable bonds is 4. The summed E-state index contributed by atoms with van der Waals surface area (Å²) in [5.74, 6) is 0.974. The standard InChI is InChI=1S/C18H16N6O2/c25-15-6-3-11-8-19-17(23-16(11)24(15)9-10-1-2-10)20-12-4-5-13-14(7-12)22-18(26)21-13/h3-8,10H,1-2,9H2,(H,19,20,23)(H2,21,22,26). The Kier molecular flexibility index (Phi) is 3.18. The number of imidazole rings is 1. The van der Waals surface area contributed by atoms with Crippen molar-refractivity contribution >= 4 is 33.7 Å². The predicted molar refractivity (Wildman–Crippen MR) is 98.7 cm³/mol. The Morgan fingerprint density at radius 2 is 1.96 bits per heavy atom. The lowest BCUT2D eigenvalue weighted by atomic mass is 10.3. The zero-order valence-electron chi connectivity index (χ0n) is 13.8. The number of benzene rings is 1. The van der Waals surface area contributed by atoms with Crippen molar-refractivity contribution in [3.8, 4) is 0 Å². The van der Waals surface area contributed by atoms with E-state index in [0.29, 0.717) is 29.6 Å². The highest BCUT2D eigenvalue weighted by molar-refractivity contribution is 5.80. The Hall–Kier alpha value is -3.42. The third-order valence-corrected chi connectivity index (χ3v) is 4.63. The number of H-pyrrole nitrogens is 2. The van der Waals surface area contributed by atoms with Gasteiger partial charge in [-0.2, -0.15) is 4.98 Å². The number of fused-ring (bicyclic) bond motifs is 2. The van der Waals surface area contributed by atoms with Gasteiger partial charge < -0.3 is 15.3 Å². The molecule has 26 heavy (non-hydrogen) atoms. The van der Waals surface area contributed by atoms with Crippen molar-refractivity contribution in [3.05, 3.63) is 57.4 Å². The molecule has 4 aromatic rings. The number of hydrogen-bond acceptors (Lipinski definition) is 5. The summed E-state index contributed by atoms with van der Waals surface area (Å²) in [5.41, 5.74) is 2.53. The van der Waals surface area contributed by atoms with Crippen molar-refractivity contribution in [1.29, 1.82) is 0 Å². The Morgan fingerprint density at radius 3 is 2.81 bits per heavy atom. The van der Waals surface area contributed by atoms with Gasteiger partial charge in [0.15, 0.2) is 0 Å². The van der Waals surface area contributed by atoms with E-state index in [2.05, 4.69) is 25.3 Å². The minimum Gasteiger partial charge on any atom is -0.324 e. The smallest absolute Gasteiger partial charge is 0.323 e. The molecule has 8 nitrogen and oxygen atoms in total. The summed E-state index contributed by atoms with van der Waals surface area (Å²) in [4.78, 5) is 38.0. The van der Waals surface area contributed by atoms with Crippen LogP contribution in [0.2, 0.25) is 0 Å². The summed E-state index contributed by atoms with van der Waals surface area (Å²) >= 11 is 0. The minimum absolute atomic E-state index is 0.0413. The number of nitrogens with one attached hydrogen (secondary N) is 3. The van der Waals surface area contributed by atoms with E-state index in [-0.39, 0.29) is 11.2 Å². The van der Waals surface area contributed by atoms with E-state index in [4.69, 9.17) is 0 Å². The summed E-state index contributed by atoms with van der Waals surface area (Å²) < 4.78 is 1.73. The predicted octanol–water partition coefficient (Wildman–Crippen LogP) is 2.11. The lowest BCUT2D eigenvalue weighted by molar-refractivity contribution is 0.622. The van der Waals surface area contributed by atoms with Gasteiger partial charge in [-0.05, 0) is 43.0 Å². The van der Waals surface area contributed by atoms with Crippen molar-refractivity contribution in [2.45, 2.75) is 19.4 Å². The molecule has 1 aromatic carbocycles. The molecule has 130 valence electrons. The fourth-order valence-electron chi connectivity index (χ4n) is 3.11. The van der Waals surface area contributed by atoms with Crippen LogP contribution in [-0.4, -0.2) is 24.5 Å². The fourth-order valence-corrected chi connectivity index (χ4v) is 3.11. The first-order valence-electron chi connectivity index (χ1n) is 8.51. The highest BCUT2D eigenvalue weighted by Gasteiger charge is 2.23. The van der Waals surface area contributed by atoms with Crippen LogP contribution in [0.1, 0.15) is 12.8 Å². The van der Waals surface area contributed by atoms with Crippen LogP contribution in [0.25, 0.3) is 22.1 Å². The maximum absolute atomic E-state index is 12.3. The molecule has 0 saturated heterocycles. The molecule has 1 fully saturated rings. The molecular formula is C18H16N6O2. The molecule has 0 atom stereocenters. The van der Waals surface area contributed by atoms with Crippen LogP contribution >= 0.6 is 0 Å². The molecule has 3 aromatic heterocycles. The molecule has 0 unspecified atom stereocenters. The van der Waals surface area contributed by atoms with E-state index in [0.717, 1.165) is 29.4 Å². The number of aromatic amines is 2. The van der Waals surface area contributed by atoms with Gasteiger partial charge in [0.05, 0.1) is 11.0 Å². The van der Waals surface area contributed by atoms with E-state index >= 15 is 0 Å². The van der Waals surface area contributed by atoms with E-state index in [1.807, 2.05) is 12.1 Å². The van der Waals surface area contributed by atoms with E-state index in [9.17, 15) is 9.59 Å². The first-order valence-corrected chi connectivity index (χ1v) is 8.51. The normalized spacial score (nSPS) is 14.2. The third-order valence-electron chi connectivity index (χ3n) is 4.63. The van der Waals surface area contributed by atoms with Gasteiger partial charge >= 0.3 is 5.69 Å². The van der Waals surface area contributed by atoms with Gasteiger partial charge in [-0.15, -0.1) is 0 Å². The van der Waals surface area contributed by atoms with E-state index in [1.54, 1.807) is 29.0 Å². The van der Waals surface area contributed by atoms with Gasteiger partial charge in [0.25, 0.3) is 5.56 Å². The van der Waals surface area contributed by atoms with Crippen LogP contribution in [-0.2, 0) is 6.54 Å². The average Bonchev–Trinajstić information content (AvgIpc) is 3.37. The van der Waals surface area contributed by atoms with Crippen molar-refractivity contribution in [3.63, 3.8) is 0 Å². The number of pyridine rings is 1. The van der Waals surface area contributed by atoms with Crippen molar-refractivity contribution in [2.75, 3.05) is 5.32 Å². The molecule has 1 saturated carbocycles. The van der Waals surface area contributed by atoms with Crippen LogP contribution in [0.4, 0.5) is 11.6 Å². The topological polar surface area (TPSA) is 108 Å².